The van der Waals surface area contributed by atoms with E-state index < -0.39 is 0 Å². The third kappa shape index (κ3) is 2.29. The standard InChI is InChI=1S/C14H11ClN4O/c15-12-8-4-7-11(9-20)13(12)19-17-14(16-18-19)10-5-2-1-3-6-10/h1-8,20H,9H2. The van der Waals surface area contributed by atoms with Gasteiger partial charge in [-0.25, -0.2) is 0 Å². The summed E-state index contributed by atoms with van der Waals surface area (Å²) < 4.78 is 0. The lowest BCUT2D eigenvalue weighted by Gasteiger charge is -2.06. The molecule has 0 aliphatic carbocycles. The summed E-state index contributed by atoms with van der Waals surface area (Å²) >= 11 is 6.16. The van der Waals surface area contributed by atoms with Crippen molar-refractivity contribution in [2.75, 3.05) is 0 Å². The van der Waals surface area contributed by atoms with Gasteiger partial charge in [0, 0.05) is 11.1 Å². The fourth-order valence-electron chi connectivity index (χ4n) is 1.92. The molecule has 20 heavy (non-hydrogen) atoms. The Morgan fingerprint density at radius 3 is 2.60 bits per heavy atom. The summed E-state index contributed by atoms with van der Waals surface area (Å²) in [5.74, 6) is 0.509. The van der Waals surface area contributed by atoms with Crippen LogP contribution in [-0.2, 0) is 6.61 Å². The molecule has 0 saturated heterocycles. The average Bonchev–Trinajstić information content (AvgIpc) is 2.97. The van der Waals surface area contributed by atoms with Crippen LogP contribution in [0, 0.1) is 0 Å². The molecule has 5 nitrogen and oxygen atoms in total. The van der Waals surface area contributed by atoms with Crippen molar-refractivity contribution in [3.8, 4) is 17.1 Å². The molecule has 0 spiro atoms. The molecule has 0 bridgehead atoms. The second kappa shape index (κ2) is 5.40. The van der Waals surface area contributed by atoms with Crippen LogP contribution >= 0.6 is 11.6 Å². The van der Waals surface area contributed by atoms with Crippen LogP contribution in [0.15, 0.2) is 48.5 Å². The number of aromatic nitrogens is 4. The second-order valence-electron chi connectivity index (χ2n) is 4.17. The van der Waals surface area contributed by atoms with E-state index in [0.717, 1.165) is 5.56 Å². The minimum atomic E-state index is -0.141. The number of aliphatic hydroxyl groups excluding tert-OH is 1. The van der Waals surface area contributed by atoms with Crippen LogP contribution in [0.4, 0.5) is 0 Å². The van der Waals surface area contributed by atoms with Gasteiger partial charge in [-0.1, -0.05) is 54.1 Å². The molecule has 3 aromatic rings. The number of tetrazole rings is 1. The van der Waals surface area contributed by atoms with Crippen molar-refractivity contribution in [1.29, 1.82) is 0 Å². The third-order valence-electron chi connectivity index (χ3n) is 2.89. The number of hydrogen-bond donors (Lipinski definition) is 1. The van der Waals surface area contributed by atoms with E-state index in [1.165, 1.54) is 4.80 Å². The number of rotatable bonds is 3. The van der Waals surface area contributed by atoms with E-state index in [1.54, 1.807) is 18.2 Å². The van der Waals surface area contributed by atoms with Crippen LogP contribution in [0.5, 0.6) is 0 Å². The summed E-state index contributed by atoms with van der Waals surface area (Å²) in [5.41, 5.74) is 2.07. The van der Waals surface area contributed by atoms with Gasteiger partial charge in [0.1, 0.15) is 5.69 Å². The van der Waals surface area contributed by atoms with E-state index >= 15 is 0 Å². The number of benzene rings is 2. The van der Waals surface area contributed by atoms with Crippen LogP contribution in [0.2, 0.25) is 5.02 Å². The lowest BCUT2D eigenvalue weighted by atomic mass is 10.2. The summed E-state index contributed by atoms with van der Waals surface area (Å²) in [4.78, 5) is 1.34. The van der Waals surface area contributed by atoms with E-state index in [2.05, 4.69) is 15.4 Å². The van der Waals surface area contributed by atoms with Gasteiger partial charge in [-0.3, -0.25) is 0 Å². The van der Waals surface area contributed by atoms with Crippen LogP contribution in [0.25, 0.3) is 17.1 Å². The van der Waals surface area contributed by atoms with Gasteiger partial charge < -0.3 is 5.11 Å². The predicted octanol–water partition coefficient (Wildman–Crippen LogP) is 2.47. The summed E-state index contributed by atoms with van der Waals surface area (Å²) in [6, 6.07) is 14.8. The quantitative estimate of drug-likeness (QED) is 0.803. The molecule has 3 rings (SSSR count). The highest BCUT2D eigenvalue weighted by Gasteiger charge is 2.13. The number of halogens is 1. The zero-order valence-corrected chi connectivity index (χ0v) is 11.2. The van der Waals surface area contributed by atoms with Crippen LogP contribution in [0.3, 0.4) is 0 Å². The van der Waals surface area contributed by atoms with Crippen molar-refractivity contribution in [2.45, 2.75) is 6.61 Å². The summed E-state index contributed by atoms with van der Waals surface area (Å²) in [7, 11) is 0. The Balaban J connectivity index is 2.07. The van der Waals surface area contributed by atoms with Crippen molar-refractivity contribution in [3.05, 3.63) is 59.1 Å². The molecule has 0 atom stereocenters. The SMILES string of the molecule is OCc1cccc(Cl)c1-n1nnc(-c2ccccc2)n1. The Morgan fingerprint density at radius 2 is 1.85 bits per heavy atom. The zero-order chi connectivity index (χ0) is 13.9. The second-order valence-corrected chi connectivity index (χ2v) is 4.58. The van der Waals surface area contributed by atoms with Crippen LogP contribution < -0.4 is 0 Å². The summed E-state index contributed by atoms with van der Waals surface area (Å²) in [6.45, 7) is -0.141. The summed E-state index contributed by atoms with van der Waals surface area (Å²) in [5, 5.41) is 22.2. The van der Waals surface area contributed by atoms with Gasteiger partial charge in [0.25, 0.3) is 0 Å². The average molecular weight is 287 g/mol. The minimum Gasteiger partial charge on any atom is -0.392 e. The van der Waals surface area contributed by atoms with Crippen molar-refractivity contribution in [1.82, 2.24) is 20.2 Å². The number of nitrogens with zero attached hydrogens (tertiary/aromatic N) is 4. The first-order chi connectivity index (χ1) is 9.79. The van der Waals surface area contributed by atoms with Crippen molar-refractivity contribution >= 4 is 11.6 Å². The van der Waals surface area contributed by atoms with Crippen molar-refractivity contribution in [3.63, 3.8) is 0 Å². The maximum Gasteiger partial charge on any atom is 0.205 e. The maximum atomic E-state index is 9.38. The van der Waals surface area contributed by atoms with E-state index in [0.29, 0.717) is 22.1 Å². The van der Waals surface area contributed by atoms with Gasteiger partial charge >= 0.3 is 0 Å². The van der Waals surface area contributed by atoms with Crippen LogP contribution in [-0.4, -0.2) is 25.3 Å². The van der Waals surface area contributed by atoms with Gasteiger partial charge in [-0.15, -0.1) is 15.0 Å². The molecular weight excluding hydrogens is 276 g/mol. The van der Waals surface area contributed by atoms with Gasteiger partial charge in [-0.05, 0) is 11.3 Å². The first-order valence-corrected chi connectivity index (χ1v) is 6.41. The minimum absolute atomic E-state index is 0.141. The molecule has 0 radical (unpaired) electrons. The molecule has 1 heterocycles. The smallest absolute Gasteiger partial charge is 0.205 e. The number of aliphatic hydroxyl groups is 1. The lowest BCUT2D eigenvalue weighted by Crippen LogP contribution is -2.04. The first-order valence-electron chi connectivity index (χ1n) is 6.03. The third-order valence-corrected chi connectivity index (χ3v) is 3.19. The number of hydrogen-bond acceptors (Lipinski definition) is 4. The predicted molar refractivity (Wildman–Crippen MR) is 75.5 cm³/mol. The molecule has 1 aromatic heterocycles. The fourth-order valence-corrected chi connectivity index (χ4v) is 2.19. The molecule has 2 aromatic carbocycles. The van der Waals surface area contributed by atoms with Gasteiger partial charge in [0.2, 0.25) is 5.82 Å². The van der Waals surface area contributed by atoms with Crippen LogP contribution in [0.1, 0.15) is 5.56 Å². The molecule has 0 aliphatic rings. The molecule has 0 unspecified atom stereocenters. The molecular formula is C14H11ClN4O. The topological polar surface area (TPSA) is 63.8 Å². The fraction of sp³-hybridized carbons (Fsp3) is 0.0714. The highest BCUT2D eigenvalue weighted by molar-refractivity contribution is 6.32. The molecule has 1 N–H and O–H groups in total. The van der Waals surface area contributed by atoms with Gasteiger partial charge in [0.05, 0.1) is 11.6 Å². The van der Waals surface area contributed by atoms with Gasteiger partial charge in [0.15, 0.2) is 0 Å². The van der Waals surface area contributed by atoms with Crippen molar-refractivity contribution < 1.29 is 5.11 Å². The Hall–Kier alpha value is -2.24. The van der Waals surface area contributed by atoms with E-state index in [4.69, 9.17) is 11.6 Å². The first kappa shape index (κ1) is 12.8. The van der Waals surface area contributed by atoms with E-state index in [-0.39, 0.29) is 6.61 Å². The monoisotopic (exact) mass is 286 g/mol. The molecule has 0 aliphatic heterocycles. The molecule has 0 fully saturated rings. The molecule has 100 valence electrons. The Labute approximate surface area is 120 Å². The van der Waals surface area contributed by atoms with Gasteiger partial charge in [-0.2, -0.15) is 0 Å². The van der Waals surface area contributed by atoms with Crippen molar-refractivity contribution in [2.24, 2.45) is 0 Å². The zero-order valence-electron chi connectivity index (χ0n) is 10.4. The van der Waals surface area contributed by atoms with E-state index in [9.17, 15) is 5.11 Å². The Bertz CT molecular complexity index is 727. The molecule has 6 heteroatoms. The normalized spacial score (nSPS) is 10.7. The molecule has 0 amide bonds. The Kier molecular flexibility index (Phi) is 3.45. The number of para-hydroxylation sites is 1. The summed E-state index contributed by atoms with van der Waals surface area (Å²) in [6.07, 6.45) is 0. The maximum absolute atomic E-state index is 9.38. The highest BCUT2D eigenvalue weighted by atomic mass is 35.5. The largest absolute Gasteiger partial charge is 0.392 e. The highest BCUT2D eigenvalue weighted by Crippen LogP contribution is 2.24. The lowest BCUT2D eigenvalue weighted by molar-refractivity contribution is 0.281. The molecule has 0 saturated carbocycles. The Morgan fingerprint density at radius 1 is 1.05 bits per heavy atom. The van der Waals surface area contributed by atoms with E-state index in [1.807, 2.05) is 30.3 Å².